The molecule has 3 atom stereocenters. The predicted molar refractivity (Wildman–Crippen MR) is 76.2 cm³/mol. The maximum absolute atomic E-state index is 12.6. The number of carbonyl (C=O) groups excluding carboxylic acids is 1. The summed E-state index contributed by atoms with van der Waals surface area (Å²) in [7, 11) is 1.94. The van der Waals surface area contributed by atoms with Crippen LogP contribution in [0.2, 0.25) is 0 Å². The Labute approximate surface area is 112 Å². The molecule has 1 saturated carbocycles. The molecule has 0 bridgehead atoms. The number of rotatable bonds is 4. The summed E-state index contributed by atoms with van der Waals surface area (Å²) in [6.07, 6.45) is 4.13. The van der Waals surface area contributed by atoms with Crippen LogP contribution >= 0.6 is 0 Å². The van der Waals surface area contributed by atoms with Gasteiger partial charge in [-0.2, -0.15) is 0 Å². The second kappa shape index (κ2) is 6.05. The molecule has 1 amide bonds. The molecule has 1 aliphatic rings. The Morgan fingerprint density at radius 1 is 1.39 bits per heavy atom. The highest BCUT2D eigenvalue weighted by molar-refractivity contribution is 5.79. The molecule has 3 heteroatoms. The minimum absolute atomic E-state index is 0.00915. The number of unbranched alkanes of at least 4 members (excludes halogenated alkanes) is 1. The third kappa shape index (κ3) is 3.05. The molecule has 0 saturated heterocycles. The van der Waals surface area contributed by atoms with Gasteiger partial charge in [-0.15, -0.1) is 0 Å². The van der Waals surface area contributed by atoms with Gasteiger partial charge < -0.3 is 10.6 Å². The van der Waals surface area contributed by atoms with Gasteiger partial charge in [0.15, 0.2) is 0 Å². The van der Waals surface area contributed by atoms with E-state index in [9.17, 15) is 4.79 Å². The molecule has 0 radical (unpaired) electrons. The first-order valence-electron chi connectivity index (χ1n) is 7.32. The van der Waals surface area contributed by atoms with E-state index in [0.29, 0.717) is 11.8 Å². The van der Waals surface area contributed by atoms with E-state index < -0.39 is 0 Å². The third-order valence-corrected chi connectivity index (χ3v) is 5.02. The quantitative estimate of drug-likeness (QED) is 0.838. The fourth-order valence-corrected chi connectivity index (χ4v) is 3.06. The molecule has 1 aliphatic carbocycles. The Morgan fingerprint density at radius 2 is 2.00 bits per heavy atom. The Bertz CT molecular complexity index is 288. The molecule has 18 heavy (non-hydrogen) atoms. The molecule has 0 aromatic rings. The van der Waals surface area contributed by atoms with E-state index in [1.807, 2.05) is 11.9 Å². The van der Waals surface area contributed by atoms with Crippen molar-refractivity contribution in [3.8, 4) is 0 Å². The van der Waals surface area contributed by atoms with Gasteiger partial charge in [-0.25, -0.2) is 0 Å². The second-order valence-corrected chi connectivity index (χ2v) is 6.52. The molecule has 3 nitrogen and oxygen atoms in total. The summed E-state index contributed by atoms with van der Waals surface area (Å²) >= 11 is 0. The van der Waals surface area contributed by atoms with Crippen molar-refractivity contribution in [2.24, 2.45) is 23.0 Å². The molecule has 0 aliphatic heterocycles. The molecular weight excluding hydrogens is 224 g/mol. The smallest absolute Gasteiger partial charge is 0.225 e. The first-order valence-corrected chi connectivity index (χ1v) is 7.32. The van der Waals surface area contributed by atoms with Crippen LogP contribution in [0.15, 0.2) is 0 Å². The minimum Gasteiger partial charge on any atom is -0.346 e. The van der Waals surface area contributed by atoms with Crippen molar-refractivity contribution >= 4 is 5.91 Å². The topological polar surface area (TPSA) is 46.3 Å². The van der Waals surface area contributed by atoms with Gasteiger partial charge in [-0.3, -0.25) is 4.79 Å². The van der Waals surface area contributed by atoms with Crippen LogP contribution in [0, 0.1) is 17.3 Å². The summed E-state index contributed by atoms with van der Waals surface area (Å²) in [6, 6.07) is 0.241. The van der Waals surface area contributed by atoms with Crippen molar-refractivity contribution in [1.82, 2.24) is 4.90 Å². The number of nitrogens with two attached hydrogens (primary N) is 1. The maximum atomic E-state index is 12.6. The SMILES string of the molecule is CCCCN(C)C(=O)C1CCC(N)C(C)C1(C)C. The van der Waals surface area contributed by atoms with Crippen molar-refractivity contribution in [2.45, 2.75) is 59.4 Å². The van der Waals surface area contributed by atoms with Crippen LogP contribution in [-0.4, -0.2) is 30.4 Å². The zero-order chi connectivity index (χ0) is 13.9. The molecule has 0 spiro atoms. The number of hydrogen-bond acceptors (Lipinski definition) is 2. The standard InChI is InChI=1S/C15H30N2O/c1-6-7-10-17(5)14(18)12-8-9-13(16)11(2)15(12,3)4/h11-13H,6-10,16H2,1-5H3. The first-order chi connectivity index (χ1) is 8.32. The summed E-state index contributed by atoms with van der Waals surface area (Å²) in [5.41, 5.74) is 6.16. The molecular formula is C15H30N2O. The molecule has 0 heterocycles. The van der Waals surface area contributed by atoms with E-state index in [1.54, 1.807) is 0 Å². The van der Waals surface area contributed by atoms with Crippen LogP contribution in [-0.2, 0) is 4.79 Å². The van der Waals surface area contributed by atoms with Gasteiger partial charge in [0.25, 0.3) is 0 Å². The summed E-state index contributed by atoms with van der Waals surface area (Å²) in [5, 5.41) is 0. The van der Waals surface area contributed by atoms with E-state index in [1.165, 1.54) is 0 Å². The van der Waals surface area contributed by atoms with Crippen LogP contribution in [0.4, 0.5) is 0 Å². The van der Waals surface area contributed by atoms with Gasteiger partial charge in [0, 0.05) is 25.6 Å². The van der Waals surface area contributed by atoms with Crippen LogP contribution in [0.3, 0.4) is 0 Å². The monoisotopic (exact) mass is 254 g/mol. The maximum Gasteiger partial charge on any atom is 0.225 e. The van der Waals surface area contributed by atoms with Gasteiger partial charge in [-0.05, 0) is 30.6 Å². The zero-order valence-corrected chi connectivity index (χ0v) is 12.7. The average molecular weight is 254 g/mol. The second-order valence-electron chi connectivity index (χ2n) is 6.52. The lowest BCUT2D eigenvalue weighted by Gasteiger charge is -2.47. The Kier molecular flexibility index (Phi) is 5.20. The van der Waals surface area contributed by atoms with Crippen LogP contribution < -0.4 is 5.73 Å². The van der Waals surface area contributed by atoms with Gasteiger partial charge in [-0.1, -0.05) is 34.1 Å². The summed E-state index contributed by atoms with van der Waals surface area (Å²) < 4.78 is 0. The molecule has 3 unspecified atom stereocenters. The van der Waals surface area contributed by atoms with Crippen LogP contribution in [0.5, 0.6) is 0 Å². The molecule has 0 aromatic heterocycles. The van der Waals surface area contributed by atoms with Gasteiger partial charge >= 0.3 is 0 Å². The largest absolute Gasteiger partial charge is 0.346 e. The van der Waals surface area contributed by atoms with E-state index in [4.69, 9.17) is 5.73 Å². The minimum atomic E-state index is 0.00915. The van der Waals surface area contributed by atoms with Crippen LogP contribution in [0.25, 0.3) is 0 Å². The Hall–Kier alpha value is -0.570. The van der Waals surface area contributed by atoms with Crippen molar-refractivity contribution in [3.63, 3.8) is 0 Å². The third-order valence-electron chi connectivity index (χ3n) is 5.02. The van der Waals surface area contributed by atoms with Gasteiger partial charge in [0.2, 0.25) is 5.91 Å². The molecule has 1 rings (SSSR count). The molecule has 106 valence electrons. The fraction of sp³-hybridized carbons (Fsp3) is 0.933. The number of carbonyl (C=O) groups is 1. The molecule has 2 N–H and O–H groups in total. The zero-order valence-electron chi connectivity index (χ0n) is 12.7. The average Bonchev–Trinajstić information content (AvgIpc) is 2.32. The lowest BCUT2D eigenvalue weighted by Crippen LogP contribution is -2.51. The first kappa shape index (κ1) is 15.5. The van der Waals surface area contributed by atoms with Gasteiger partial charge in [0.1, 0.15) is 0 Å². The highest BCUT2D eigenvalue weighted by Gasteiger charge is 2.45. The Balaban J connectivity index is 2.73. The van der Waals surface area contributed by atoms with E-state index in [0.717, 1.165) is 32.2 Å². The number of amides is 1. The number of hydrogen-bond donors (Lipinski definition) is 1. The van der Waals surface area contributed by atoms with Crippen molar-refractivity contribution in [2.75, 3.05) is 13.6 Å². The summed E-state index contributed by atoms with van der Waals surface area (Å²) in [4.78, 5) is 14.5. The summed E-state index contributed by atoms with van der Waals surface area (Å²) in [5.74, 6) is 0.848. The van der Waals surface area contributed by atoms with E-state index in [-0.39, 0.29) is 17.4 Å². The fourth-order valence-electron chi connectivity index (χ4n) is 3.06. The highest BCUT2D eigenvalue weighted by Crippen LogP contribution is 2.44. The van der Waals surface area contributed by atoms with Gasteiger partial charge in [0.05, 0.1) is 0 Å². The Morgan fingerprint density at radius 3 is 2.56 bits per heavy atom. The van der Waals surface area contributed by atoms with E-state index >= 15 is 0 Å². The highest BCUT2D eigenvalue weighted by atomic mass is 16.2. The lowest BCUT2D eigenvalue weighted by molar-refractivity contribution is -0.142. The van der Waals surface area contributed by atoms with Crippen molar-refractivity contribution < 1.29 is 4.79 Å². The van der Waals surface area contributed by atoms with Crippen molar-refractivity contribution in [1.29, 1.82) is 0 Å². The molecule has 0 aromatic carbocycles. The van der Waals surface area contributed by atoms with Crippen molar-refractivity contribution in [3.05, 3.63) is 0 Å². The normalized spacial score (nSPS) is 31.1. The summed E-state index contributed by atoms with van der Waals surface area (Å²) in [6.45, 7) is 9.63. The number of nitrogens with zero attached hydrogens (tertiary/aromatic N) is 1. The predicted octanol–water partition coefficient (Wildman–Crippen LogP) is 2.64. The van der Waals surface area contributed by atoms with E-state index in [2.05, 4.69) is 27.7 Å². The van der Waals surface area contributed by atoms with Crippen LogP contribution in [0.1, 0.15) is 53.4 Å². The lowest BCUT2D eigenvalue weighted by atomic mass is 9.61. The molecule has 1 fully saturated rings.